The van der Waals surface area contributed by atoms with Crippen LogP contribution in [0.4, 0.5) is 4.39 Å². The molecule has 2 rings (SSSR count). The van der Waals surface area contributed by atoms with Crippen molar-refractivity contribution < 1.29 is 9.13 Å². The van der Waals surface area contributed by atoms with Crippen LogP contribution in [-0.4, -0.2) is 49.7 Å². The van der Waals surface area contributed by atoms with Gasteiger partial charge in [0.2, 0.25) is 0 Å². The number of hydrogen-bond acceptors (Lipinski definition) is 4. The highest BCUT2D eigenvalue weighted by Crippen LogP contribution is 2.30. The van der Waals surface area contributed by atoms with Crippen LogP contribution in [0.2, 0.25) is 0 Å². The fourth-order valence-corrected chi connectivity index (χ4v) is 3.74. The Bertz CT molecular complexity index is 438. The van der Waals surface area contributed by atoms with E-state index in [9.17, 15) is 4.39 Å². The first-order chi connectivity index (χ1) is 10.3. The smallest absolute Gasteiger partial charge is 0.131 e. The van der Waals surface area contributed by atoms with Crippen LogP contribution in [0.25, 0.3) is 0 Å². The quantitative estimate of drug-likeness (QED) is 0.837. The fourth-order valence-electron chi connectivity index (χ4n) is 2.76. The van der Waals surface area contributed by atoms with Crippen molar-refractivity contribution >= 4 is 11.8 Å². The predicted molar refractivity (Wildman–Crippen MR) is 87.8 cm³/mol. The summed E-state index contributed by atoms with van der Waals surface area (Å²) in [6.45, 7) is 6.14. The van der Waals surface area contributed by atoms with Gasteiger partial charge in [0.25, 0.3) is 0 Å². The number of hydrogen-bond donors (Lipinski definition) is 1. The van der Waals surface area contributed by atoms with Crippen LogP contribution in [0.3, 0.4) is 0 Å². The van der Waals surface area contributed by atoms with Crippen molar-refractivity contribution in [3.8, 4) is 5.75 Å². The van der Waals surface area contributed by atoms with Gasteiger partial charge in [-0.25, -0.2) is 4.39 Å². The lowest BCUT2D eigenvalue weighted by atomic mass is 10.0. The Morgan fingerprint density at radius 3 is 2.81 bits per heavy atom. The first kappa shape index (κ1) is 16.6. The van der Waals surface area contributed by atoms with Gasteiger partial charge in [-0.3, -0.25) is 0 Å². The molecule has 1 aliphatic rings. The Labute approximate surface area is 131 Å². The predicted octanol–water partition coefficient (Wildman–Crippen LogP) is 2.92. The lowest BCUT2D eigenvalue weighted by molar-refractivity contribution is 0.277. The SMILES string of the molecule is CCNC(CCN1CCSCC1)c1c(F)cccc1OC. The highest BCUT2D eigenvalue weighted by atomic mass is 32.2. The molecule has 1 unspecified atom stereocenters. The minimum absolute atomic E-state index is 0.000676. The van der Waals surface area contributed by atoms with Crippen molar-refractivity contribution in [3.05, 3.63) is 29.6 Å². The zero-order chi connectivity index (χ0) is 15.1. The normalized spacial score (nSPS) is 17.7. The van der Waals surface area contributed by atoms with Gasteiger partial charge in [-0.15, -0.1) is 0 Å². The molecule has 1 aromatic rings. The van der Waals surface area contributed by atoms with Crippen molar-refractivity contribution in [3.63, 3.8) is 0 Å². The largest absolute Gasteiger partial charge is 0.496 e. The van der Waals surface area contributed by atoms with Crippen molar-refractivity contribution in [1.29, 1.82) is 0 Å². The van der Waals surface area contributed by atoms with Crippen LogP contribution in [0.5, 0.6) is 5.75 Å². The third kappa shape index (κ3) is 4.59. The molecule has 1 saturated heterocycles. The number of thioether (sulfide) groups is 1. The van der Waals surface area contributed by atoms with E-state index in [1.165, 1.54) is 17.6 Å². The molecule has 0 bridgehead atoms. The summed E-state index contributed by atoms with van der Waals surface area (Å²) in [4.78, 5) is 2.47. The summed E-state index contributed by atoms with van der Waals surface area (Å²) in [6, 6.07) is 5.04. The zero-order valence-electron chi connectivity index (χ0n) is 12.9. The molecule has 1 aromatic carbocycles. The van der Waals surface area contributed by atoms with Gasteiger partial charge >= 0.3 is 0 Å². The number of rotatable bonds is 7. The van der Waals surface area contributed by atoms with Crippen molar-refractivity contribution in [2.24, 2.45) is 0 Å². The van der Waals surface area contributed by atoms with Crippen LogP contribution < -0.4 is 10.1 Å². The van der Waals surface area contributed by atoms with Gasteiger partial charge in [-0.2, -0.15) is 11.8 Å². The van der Waals surface area contributed by atoms with E-state index in [1.54, 1.807) is 13.2 Å². The Balaban J connectivity index is 2.07. The van der Waals surface area contributed by atoms with Gasteiger partial charge in [-0.05, 0) is 25.1 Å². The fraction of sp³-hybridized carbons (Fsp3) is 0.625. The molecule has 1 N–H and O–H groups in total. The van der Waals surface area contributed by atoms with E-state index in [4.69, 9.17) is 4.74 Å². The zero-order valence-corrected chi connectivity index (χ0v) is 13.7. The summed E-state index contributed by atoms with van der Waals surface area (Å²) >= 11 is 2.01. The van der Waals surface area contributed by atoms with Gasteiger partial charge in [0.05, 0.1) is 7.11 Å². The maximum absolute atomic E-state index is 14.2. The second-order valence-corrected chi connectivity index (χ2v) is 6.43. The van der Waals surface area contributed by atoms with Gasteiger partial charge in [0, 0.05) is 42.7 Å². The first-order valence-electron chi connectivity index (χ1n) is 7.62. The van der Waals surface area contributed by atoms with Crippen molar-refractivity contribution in [2.45, 2.75) is 19.4 Å². The summed E-state index contributed by atoms with van der Waals surface area (Å²) in [5, 5.41) is 3.40. The summed E-state index contributed by atoms with van der Waals surface area (Å²) in [5.41, 5.74) is 0.660. The summed E-state index contributed by atoms with van der Waals surface area (Å²) in [6.07, 6.45) is 0.899. The Kier molecular flexibility index (Phi) is 6.80. The van der Waals surface area contributed by atoms with E-state index in [2.05, 4.69) is 17.1 Å². The van der Waals surface area contributed by atoms with Crippen LogP contribution in [0.1, 0.15) is 24.9 Å². The van der Waals surface area contributed by atoms with Crippen LogP contribution in [-0.2, 0) is 0 Å². The summed E-state index contributed by atoms with van der Waals surface area (Å²) in [5.74, 6) is 2.86. The van der Waals surface area contributed by atoms with Gasteiger partial charge < -0.3 is 15.0 Å². The minimum atomic E-state index is -0.186. The van der Waals surface area contributed by atoms with E-state index in [-0.39, 0.29) is 11.9 Å². The second kappa shape index (κ2) is 8.61. The molecule has 0 aromatic heterocycles. The molecule has 21 heavy (non-hydrogen) atoms. The standard InChI is InChI=1S/C16H25FN2OS/c1-3-18-14(7-8-19-9-11-21-12-10-19)16-13(17)5-4-6-15(16)20-2/h4-6,14,18H,3,7-12H2,1-2H3. The topological polar surface area (TPSA) is 24.5 Å². The molecule has 3 nitrogen and oxygen atoms in total. The first-order valence-corrected chi connectivity index (χ1v) is 8.77. The van der Waals surface area contributed by atoms with E-state index in [1.807, 2.05) is 17.8 Å². The molecule has 0 aliphatic carbocycles. The number of ether oxygens (including phenoxy) is 1. The van der Waals surface area contributed by atoms with Crippen LogP contribution in [0.15, 0.2) is 18.2 Å². The Hall–Kier alpha value is -0.780. The van der Waals surface area contributed by atoms with Crippen molar-refractivity contribution in [2.75, 3.05) is 44.8 Å². The lowest BCUT2D eigenvalue weighted by Crippen LogP contribution is -2.35. The third-order valence-corrected chi connectivity index (χ3v) is 4.81. The molecule has 1 heterocycles. The minimum Gasteiger partial charge on any atom is -0.496 e. The van der Waals surface area contributed by atoms with Crippen molar-refractivity contribution in [1.82, 2.24) is 10.2 Å². The number of nitrogens with zero attached hydrogens (tertiary/aromatic N) is 1. The molecule has 1 fully saturated rings. The monoisotopic (exact) mass is 312 g/mol. The Morgan fingerprint density at radius 2 is 2.14 bits per heavy atom. The van der Waals surface area contributed by atoms with E-state index in [0.717, 1.165) is 32.6 Å². The van der Waals surface area contributed by atoms with Gasteiger partial charge in [0.1, 0.15) is 11.6 Å². The molecule has 0 saturated carbocycles. The summed E-state index contributed by atoms with van der Waals surface area (Å²) < 4.78 is 19.6. The molecule has 0 amide bonds. The summed E-state index contributed by atoms with van der Waals surface area (Å²) in [7, 11) is 1.60. The van der Waals surface area contributed by atoms with E-state index < -0.39 is 0 Å². The average Bonchev–Trinajstić information content (AvgIpc) is 2.52. The lowest BCUT2D eigenvalue weighted by Gasteiger charge is -2.29. The molecular weight excluding hydrogens is 287 g/mol. The third-order valence-electron chi connectivity index (χ3n) is 3.87. The maximum Gasteiger partial charge on any atom is 0.131 e. The van der Waals surface area contributed by atoms with Crippen LogP contribution in [0, 0.1) is 5.82 Å². The van der Waals surface area contributed by atoms with E-state index in [0.29, 0.717) is 11.3 Å². The average molecular weight is 312 g/mol. The van der Waals surface area contributed by atoms with E-state index >= 15 is 0 Å². The molecule has 1 aliphatic heterocycles. The maximum atomic E-state index is 14.2. The molecular formula is C16H25FN2OS. The molecule has 5 heteroatoms. The van der Waals surface area contributed by atoms with Gasteiger partial charge in [0.15, 0.2) is 0 Å². The number of methoxy groups -OCH3 is 1. The number of benzene rings is 1. The van der Waals surface area contributed by atoms with Crippen LogP contribution >= 0.6 is 11.8 Å². The molecule has 118 valence electrons. The van der Waals surface area contributed by atoms with Gasteiger partial charge in [-0.1, -0.05) is 13.0 Å². The highest BCUT2D eigenvalue weighted by molar-refractivity contribution is 7.99. The molecule has 1 atom stereocenters. The molecule has 0 spiro atoms. The highest BCUT2D eigenvalue weighted by Gasteiger charge is 2.21. The number of halogens is 1. The Morgan fingerprint density at radius 1 is 1.38 bits per heavy atom. The number of nitrogens with one attached hydrogen (secondary N) is 1. The second-order valence-electron chi connectivity index (χ2n) is 5.21. The molecule has 0 radical (unpaired) electrons.